The van der Waals surface area contributed by atoms with Crippen LogP contribution in [-0.4, -0.2) is 36.6 Å². The lowest BCUT2D eigenvalue weighted by atomic mass is 10.0. The van der Waals surface area contributed by atoms with Crippen LogP contribution in [0.2, 0.25) is 0 Å². The monoisotopic (exact) mass is 238 g/mol. The van der Waals surface area contributed by atoms with E-state index in [0.29, 0.717) is 5.75 Å². The van der Waals surface area contributed by atoms with Gasteiger partial charge in [0.25, 0.3) is 0 Å². The number of hydrogen-bond donors (Lipinski definition) is 2. The van der Waals surface area contributed by atoms with Gasteiger partial charge in [-0.3, -0.25) is 0 Å². The maximum absolute atomic E-state index is 9.97. The average molecular weight is 238 g/mol. The van der Waals surface area contributed by atoms with Gasteiger partial charge in [0, 0.05) is 7.11 Å². The predicted molar refractivity (Wildman–Crippen MR) is 65.0 cm³/mol. The standard InChI is InChI=1S/C13H18O4/c1-3-12(16-2)13(15)10-4-6-11(7-5-10)17-9-8-14/h3-7,12-15H,1,8-9H2,2H3/t12-,13-/m0/s1. The molecule has 0 spiro atoms. The van der Waals surface area contributed by atoms with Crippen LogP contribution in [0.5, 0.6) is 5.75 Å². The highest BCUT2D eigenvalue weighted by Gasteiger charge is 2.17. The summed E-state index contributed by atoms with van der Waals surface area (Å²) in [6, 6.07) is 6.99. The lowest BCUT2D eigenvalue weighted by Gasteiger charge is -2.18. The van der Waals surface area contributed by atoms with E-state index in [-0.39, 0.29) is 13.2 Å². The molecule has 0 aromatic heterocycles. The second-order valence-corrected chi connectivity index (χ2v) is 3.52. The first-order valence-electron chi connectivity index (χ1n) is 5.40. The Hall–Kier alpha value is -1.36. The molecule has 0 aliphatic heterocycles. The van der Waals surface area contributed by atoms with Crippen molar-refractivity contribution in [3.8, 4) is 5.75 Å². The summed E-state index contributed by atoms with van der Waals surface area (Å²) in [4.78, 5) is 0. The molecule has 0 radical (unpaired) electrons. The molecule has 2 N–H and O–H groups in total. The van der Waals surface area contributed by atoms with Gasteiger partial charge in [0.1, 0.15) is 24.6 Å². The molecule has 0 saturated heterocycles. The van der Waals surface area contributed by atoms with Crippen LogP contribution in [0.3, 0.4) is 0 Å². The zero-order chi connectivity index (χ0) is 12.7. The highest BCUT2D eigenvalue weighted by Crippen LogP contribution is 2.22. The first kappa shape index (κ1) is 13.7. The van der Waals surface area contributed by atoms with E-state index in [9.17, 15) is 5.11 Å². The summed E-state index contributed by atoms with van der Waals surface area (Å²) < 4.78 is 10.3. The van der Waals surface area contributed by atoms with Crippen molar-refractivity contribution in [2.24, 2.45) is 0 Å². The van der Waals surface area contributed by atoms with Gasteiger partial charge in [0.15, 0.2) is 0 Å². The minimum absolute atomic E-state index is 0.0212. The van der Waals surface area contributed by atoms with E-state index >= 15 is 0 Å². The SMILES string of the molecule is C=C[C@H](OC)[C@@H](O)c1ccc(OCCO)cc1. The van der Waals surface area contributed by atoms with Gasteiger partial charge in [-0.15, -0.1) is 6.58 Å². The summed E-state index contributed by atoms with van der Waals surface area (Å²) in [5.74, 6) is 0.655. The van der Waals surface area contributed by atoms with Crippen molar-refractivity contribution in [2.75, 3.05) is 20.3 Å². The summed E-state index contributed by atoms with van der Waals surface area (Å²) in [6.07, 6.45) is 0.379. The van der Waals surface area contributed by atoms with E-state index in [1.165, 1.54) is 7.11 Å². The zero-order valence-corrected chi connectivity index (χ0v) is 9.87. The fraction of sp³-hybridized carbons (Fsp3) is 0.385. The number of aliphatic hydroxyl groups is 2. The smallest absolute Gasteiger partial charge is 0.119 e. The van der Waals surface area contributed by atoms with Gasteiger partial charge in [-0.25, -0.2) is 0 Å². The molecule has 94 valence electrons. The van der Waals surface area contributed by atoms with Crippen LogP contribution in [0.4, 0.5) is 0 Å². The van der Waals surface area contributed by atoms with Crippen LogP contribution in [0.15, 0.2) is 36.9 Å². The van der Waals surface area contributed by atoms with Crippen molar-refractivity contribution in [1.29, 1.82) is 0 Å². The highest BCUT2D eigenvalue weighted by molar-refractivity contribution is 5.29. The van der Waals surface area contributed by atoms with E-state index in [1.54, 1.807) is 30.3 Å². The van der Waals surface area contributed by atoms with Crippen LogP contribution in [0.1, 0.15) is 11.7 Å². The molecule has 0 aliphatic rings. The Bertz CT molecular complexity index is 334. The number of ether oxygens (including phenoxy) is 2. The third-order valence-electron chi connectivity index (χ3n) is 2.40. The van der Waals surface area contributed by atoms with Gasteiger partial charge in [0.2, 0.25) is 0 Å². The summed E-state index contributed by atoms with van der Waals surface area (Å²) in [7, 11) is 1.52. The molecule has 1 rings (SSSR count). The molecule has 0 amide bonds. The molecule has 1 aromatic carbocycles. The van der Waals surface area contributed by atoms with Crippen molar-refractivity contribution < 1.29 is 19.7 Å². The number of aliphatic hydroxyl groups excluding tert-OH is 2. The molecule has 0 unspecified atom stereocenters. The Morgan fingerprint density at radius 2 is 2.00 bits per heavy atom. The van der Waals surface area contributed by atoms with E-state index in [4.69, 9.17) is 14.6 Å². The van der Waals surface area contributed by atoms with E-state index in [2.05, 4.69) is 6.58 Å². The molecule has 4 nitrogen and oxygen atoms in total. The molecule has 0 saturated carbocycles. The van der Waals surface area contributed by atoms with Crippen molar-refractivity contribution in [2.45, 2.75) is 12.2 Å². The molecule has 0 heterocycles. The molecule has 17 heavy (non-hydrogen) atoms. The van der Waals surface area contributed by atoms with Crippen LogP contribution < -0.4 is 4.74 Å². The predicted octanol–water partition coefficient (Wildman–Crippen LogP) is 1.29. The van der Waals surface area contributed by atoms with Crippen molar-refractivity contribution in [3.63, 3.8) is 0 Å². The van der Waals surface area contributed by atoms with Crippen LogP contribution in [0, 0.1) is 0 Å². The van der Waals surface area contributed by atoms with Gasteiger partial charge < -0.3 is 19.7 Å². The molecule has 4 heteroatoms. The van der Waals surface area contributed by atoms with Crippen LogP contribution in [0.25, 0.3) is 0 Å². The molecule has 0 bridgehead atoms. The fourth-order valence-electron chi connectivity index (χ4n) is 1.47. The molecular weight excluding hydrogens is 220 g/mol. The maximum Gasteiger partial charge on any atom is 0.119 e. The second-order valence-electron chi connectivity index (χ2n) is 3.52. The first-order chi connectivity index (χ1) is 8.22. The molecule has 0 aliphatic carbocycles. The maximum atomic E-state index is 9.97. The summed E-state index contributed by atoms with van der Waals surface area (Å²) >= 11 is 0. The van der Waals surface area contributed by atoms with Crippen LogP contribution >= 0.6 is 0 Å². The van der Waals surface area contributed by atoms with Gasteiger partial charge in [-0.2, -0.15) is 0 Å². The largest absolute Gasteiger partial charge is 0.491 e. The Balaban J connectivity index is 2.69. The fourth-order valence-corrected chi connectivity index (χ4v) is 1.47. The summed E-state index contributed by atoms with van der Waals surface area (Å²) in [6.45, 7) is 3.84. The average Bonchev–Trinajstić information content (AvgIpc) is 2.38. The highest BCUT2D eigenvalue weighted by atomic mass is 16.5. The number of benzene rings is 1. The van der Waals surface area contributed by atoms with Crippen molar-refractivity contribution >= 4 is 0 Å². The minimum Gasteiger partial charge on any atom is -0.491 e. The molecule has 1 aromatic rings. The van der Waals surface area contributed by atoms with E-state index in [0.717, 1.165) is 5.56 Å². The lowest BCUT2D eigenvalue weighted by Crippen LogP contribution is -2.17. The van der Waals surface area contributed by atoms with Gasteiger partial charge in [-0.05, 0) is 17.7 Å². The molecule has 2 atom stereocenters. The Morgan fingerprint density at radius 3 is 2.47 bits per heavy atom. The minimum atomic E-state index is -0.746. The van der Waals surface area contributed by atoms with Gasteiger partial charge >= 0.3 is 0 Å². The van der Waals surface area contributed by atoms with Crippen molar-refractivity contribution in [1.82, 2.24) is 0 Å². The Labute approximate surface area is 101 Å². The Morgan fingerprint density at radius 1 is 1.35 bits per heavy atom. The lowest BCUT2D eigenvalue weighted by molar-refractivity contribution is 0.0162. The van der Waals surface area contributed by atoms with Crippen molar-refractivity contribution in [3.05, 3.63) is 42.5 Å². The summed E-state index contributed by atoms with van der Waals surface area (Å²) in [5, 5.41) is 18.6. The van der Waals surface area contributed by atoms with E-state index < -0.39 is 12.2 Å². The van der Waals surface area contributed by atoms with Gasteiger partial charge in [-0.1, -0.05) is 18.2 Å². The van der Waals surface area contributed by atoms with Gasteiger partial charge in [0.05, 0.1) is 6.61 Å². The third-order valence-corrected chi connectivity index (χ3v) is 2.40. The molecule has 0 fully saturated rings. The number of hydrogen-bond acceptors (Lipinski definition) is 4. The normalized spacial score (nSPS) is 14.1. The summed E-state index contributed by atoms with van der Waals surface area (Å²) in [5.41, 5.74) is 0.730. The Kier molecular flexibility index (Phi) is 5.69. The second kappa shape index (κ2) is 7.06. The number of methoxy groups -OCH3 is 1. The molecular formula is C13H18O4. The topological polar surface area (TPSA) is 58.9 Å². The van der Waals surface area contributed by atoms with E-state index in [1.807, 2.05) is 0 Å². The van der Waals surface area contributed by atoms with Crippen LogP contribution in [-0.2, 0) is 4.74 Å². The third kappa shape index (κ3) is 3.85. The quantitative estimate of drug-likeness (QED) is 0.703. The number of rotatable bonds is 7. The first-order valence-corrected chi connectivity index (χ1v) is 5.40. The zero-order valence-electron chi connectivity index (χ0n) is 9.87.